The Morgan fingerprint density at radius 3 is 2.46 bits per heavy atom. The lowest BCUT2D eigenvalue weighted by atomic mass is 10.1. The highest BCUT2D eigenvalue weighted by Gasteiger charge is 2.37. The number of hydrogen-bond acceptors (Lipinski definition) is 5. The second-order valence-corrected chi connectivity index (χ2v) is 8.97. The number of nitrogens with one attached hydrogen (secondary N) is 2. The number of halogens is 1. The van der Waals surface area contributed by atoms with Crippen LogP contribution in [0.15, 0.2) is 66.2 Å². The molecular formula is C28H24ClN3O5. The fourth-order valence-electron chi connectivity index (χ4n) is 3.83. The maximum absolute atomic E-state index is 13.1. The Labute approximate surface area is 218 Å². The summed E-state index contributed by atoms with van der Waals surface area (Å²) >= 11 is 6.15. The molecule has 0 bridgehead atoms. The maximum atomic E-state index is 13.1. The lowest BCUT2D eigenvalue weighted by Gasteiger charge is -2.27. The number of amides is 5. The van der Waals surface area contributed by atoms with Gasteiger partial charge in [-0.1, -0.05) is 47.5 Å². The second-order valence-electron chi connectivity index (χ2n) is 8.57. The van der Waals surface area contributed by atoms with E-state index in [9.17, 15) is 19.2 Å². The van der Waals surface area contributed by atoms with Crippen molar-refractivity contribution in [2.45, 2.75) is 20.8 Å². The summed E-state index contributed by atoms with van der Waals surface area (Å²) in [6.07, 6.45) is 1.38. The Bertz CT molecular complexity index is 1450. The van der Waals surface area contributed by atoms with Crippen LogP contribution in [0.5, 0.6) is 5.75 Å². The van der Waals surface area contributed by atoms with Gasteiger partial charge in [0.25, 0.3) is 17.7 Å². The van der Waals surface area contributed by atoms with Crippen LogP contribution in [0.25, 0.3) is 6.08 Å². The second kappa shape index (κ2) is 10.7. The normalized spacial score (nSPS) is 14.5. The van der Waals surface area contributed by atoms with Gasteiger partial charge in [0.2, 0.25) is 0 Å². The molecule has 0 unspecified atom stereocenters. The Morgan fingerprint density at radius 2 is 1.76 bits per heavy atom. The number of urea groups is 1. The molecule has 8 nitrogen and oxygen atoms in total. The molecule has 2 N–H and O–H groups in total. The number of benzene rings is 3. The summed E-state index contributed by atoms with van der Waals surface area (Å²) in [5.41, 5.74) is 3.92. The minimum Gasteiger partial charge on any atom is -0.484 e. The number of aryl methyl sites for hydroxylation is 2. The van der Waals surface area contributed by atoms with E-state index in [4.69, 9.17) is 16.3 Å². The third-order valence-corrected chi connectivity index (χ3v) is 6.21. The molecule has 37 heavy (non-hydrogen) atoms. The van der Waals surface area contributed by atoms with E-state index in [1.54, 1.807) is 49.4 Å². The molecule has 1 fully saturated rings. The molecule has 0 radical (unpaired) electrons. The third kappa shape index (κ3) is 5.70. The SMILES string of the molecule is Cc1ccc(NC(=O)COc2ccc(/C=C3/C(=O)NC(=O)N(c4cccc(Cl)c4C)C3=O)cc2)c(C)c1. The molecule has 0 saturated carbocycles. The number of barbiturate groups is 1. The maximum Gasteiger partial charge on any atom is 0.335 e. The van der Waals surface area contributed by atoms with Gasteiger partial charge >= 0.3 is 6.03 Å². The van der Waals surface area contributed by atoms with Crippen molar-refractivity contribution in [1.82, 2.24) is 5.32 Å². The van der Waals surface area contributed by atoms with E-state index >= 15 is 0 Å². The average molecular weight is 518 g/mol. The first-order valence-electron chi connectivity index (χ1n) is 11.4. The molecule has 5 amide bonds. The Hall–Kier alpha value is -4.43. The van der Waals surface area contributed by atoms with Crippen LogP contribution < -0.4 is 20.3 Å². The van der Waals surface area contributed by atoms with Crippen molar-refractivity contribution in [2.75, 3.05) is 16.8 Å². The quantitative estimate of drug-likeness (QED) is 0.355. The summed E-state index contributed by atoms with van der Waals surface area (Å²) in [7, 11) is 0. The van der Waals surface area contributed by atoms with E-state index in [1.165, 1.54) is 6.08 Å². The van der Waals surface area contributed by atoms with Gasteiger partial charge in [0, 0.05) is 10.7 Å². The van der Waals surface area contributed by atoms with Gasteiger partial charge in [0.15, 0.2) is 6.61 Å². The Morgan fingerprint density at radius 1 is 1.03 bits per heavy atom. The molecule has 0 aliphatic carbocycles. The molecule has 9 heteroatoms. The molecule has 1 aliphatic heterocycles. The topological polar surface area (TPSA) is 105 Å². The molecule has 4 rings (SSSR count). The number of anilines is 2. The summed E-state index contributed by atoms with van der Waals surface area (Å²) in [6.45, 7) is 5.39. The summed E-state index contributed by atoms with van der Waals surface area (Å²) in [6, 6.07) is 16.2. The number of hydrogen-bond donors (Lipinski definition) is 2. The van der Waals surface area contributed by atoms with Crippen molar-refractivity contribution in [2.24, 2.45) is 0 Å². The third-order valence-electron chi connectivity index (χ3n) is 5.80. The van der Waals surface area contributed by atoms with E-state index < -0.39 is 17.8 Å². The van der Waals surface area contributed by atoms with Crippen LogP contribution in [0.1, 0.15) is 22.3 Å². The van der Waals surface area contributed by atoms with Crippen molar-refractivity contribution in [3.8, 4) is 5.75 Å². The number of imide groups is 2. The van der Waals surface area contributed by atoms with Gasteiger partial charge in [-0.15, -0.1) is 0 Å². The first kappa shape index (κ1) is 25.7. The Kier molecular flexibility index (Phi) is 7.40. The average Bonchev–Trinajstić information content (AvgIpc) is 2.85. The fourth-order valence-corrected chi connectivity index (χ4v) is 4.00. The van der Waals surface area contributed by atoms with Gasteiger partial charge in [-0.2, -0.15) is 0 Å². The van der Waals surface area contributed by atoms with Crippen LogP contribution in [0.3, 0.4) is 0 Å². The molecule has 3 aromatic carbocycles. The van der Waals surface area contributed by atoms with Crippen LogP contribution >= 0.6 is 11.6 Å². The first-order chi connectivity index (χ1) is 17.6. The summed E-state index contributed by atoms with van der Waals surface area (Å²) in [5.74, 6) is -1.43. The van der Waals surface area contributed by atoms with Crippen LogP contribution in [-0.2, 0) is 14.4 Å². The highest BCUT2D eigenvalue weighted by Crippen LogP contribution is 2.29. The zero-order valence-corrected chi connectivity index (χ0v) is 21.2. The van der Waals surface area contributed by atoms with Gasteiger partial charge < -0.3 is 10.1 Å². The van der Waals surface area contributed by atoms with E-state index in [0.717, 1.165) is 21.7 Å². The van der Waals surface area contributed by atoms with Crippen molar-refractivity contribution < 1.29 is 23.9 Å². The van der Waals surface area contributed by atoms with Crippen LogP contribution in [0.4, 0.5) is 16.2 Å². The minimum atomic E-state index is -0.847. The molecule has 0 atom stereocenters. The van der Waals surface area contributed by atoms with Crippen LogP contribution in [0, 0.1) is 20.8 Å². The summed E-state index contributed by atoms with van der Waals surface area (Å²) < 4.78 is 5.56. The number of rotatable bonds is 6. The molecular weight excluding hydrogens is 494 g/mol. The fraction of sp³-hybridized carbons (Fsp3) is 0.143. The summed E-state index contributed by atoms with van der Waals surface area (Å²) in [4.78, 5) is 51.2. The zero-order valence-electron chi connectivity index (χ0n) is 20.4. The predicted molar refractivity (Wildman–Crippen MR) is 142 cm³/mol. The minimum absolute atomic E-state index is 0.190. The molecule has 1 saturated heterocycles. The number of carbonyl (C=O) groups excluding carboxylic acids is 4. The molecule has 0 spiro atoms. The highest BCUT2D eigenvalue weighted by molar-refractivity contribution is 6.39. The standard InChI is InChI=1S/C28H24ClN3O5/c1-16-7-12-23(17(2)13-16)30-25(33)15-37-20-10-8-19(9-11-20)14-21-26(34)31-28(36)32(27(21)35)24-6-4-5-22(29)18(24)3/h4-14H,15H2,1-3H3,(H,30,33)(H,31,34,36)/b21-14-. The van der Waals surface area contributed by atoms with Gasteiger partial charge in [-0.3, -0.25) is 19.7 Å². The van der Waals surface area contributed by atoms with Gasteiger partial charge in [0.05, 0.1) is 5.69 Å². The molecule has 3 aromatic rings. The number of carbonyl (C=O) groups is 4. The van der Waals surface area contributed by atoms with Gasteiger partial charge in [-0.05, 0) is 73.9 Å². The lowest BCUT2D eigenvalue weighted by molar-refractivity contribution is -0.122. The Balaban J connectivity index is 1.45. The van der Waals surface area contributed by atoms with Gasteiger partial charge in [0.1, 0.15) is 11.3 Å². The van der Waals surface area contributed by atoms with E-state index in [2.05, 4.69) is 10.6 Å². The number of ether oxygens (including phenoxy) is 1. The zero-order chi connectivity index (χ0) is 26.7. The van der Waals surface area contributed by atoms with Crippen LogP contribution in [-0.4, -0.2) is 30.4 Å². The highest BCUT2D eigenvalue weighted by atomic mass is 35.5. The summed E-state index contributed by atoms with van der Waals surface area (Å²) in [5, 5.41) is 5.40. The van der Waals surface area contributed by atoms with Crippen LogP contribution in [0.2, 0.25) is 5.02 Å². The first-order valence-corrected chi connectivity index (χ1v) is 11.8. The van der Waals surface area contributed by atoms with E-state index in [-0.39, 0.29) is 23.8 Å². The predicted octanol–water partition coefficient (Wildman–Crippen LogP) is 4.95. The lowest BCUT2D eigenvalue weighted by Crippen LogP contribution is -2.54. The van der Waals surface area contributed by atoms with Crippen molar-refractivity contribution >= 4 is 52.8 Å². The monoisotopic (exact) mass is 517 g/mol. The van der Waals surface area contributed by atoms with Gasteiger partial charge in [-0.25, -0.2) is 9.69 Å². The molecule has 188 valence electrons. The van der Waals surface area contributed by atoms with E-state index in [1.807, 2.05) is 32.0 Å². The van der Waals surface area contributed by atoms with E-state index in [0.29, 0.717) is 21.9 Å². The van der Waals surface area contributed by atoms with Crippen molar-refractivity contribution in [1.29, 1.82) is 0 Å². The largest absolute Gasteiger partial charge is 0.484 e. The van der Waals surface area contributed by atoms with Crippen molar-refractivity contribution in [3.05, 3.63) is 93.5 Å². The number of nitrogens with zero attached hydrogens (tertiary/aromatic N) is 1. The molecule has 1 aliphatic rings. The van der Waals surface area contributed by atoms with Crippen molar-refractivity contribution in [3.63, 3.8) is 0 Å². The molecule has 1 heterocycles. The molecule has 0 aromatic heterocycles. The smallest absolute Gasteiger partial charge is 0.335 e.